The van der Waals surface area contributed by atoms with Gasteiger partial charge in [-0.1, -0.05) is 6.07 Å². The number of nitrogens with zero attached hydrogens (tertiary/aromatic N) is 1. The standard InChI is InChI=1S/C10H7F3N2O.HI/c11-10(12,13)16-8-3-1-2-7(6-8)9-14-4-5-15-9;/h1-6H,(H,14,15);1H. The fourth-order valence-corrected chi connectivity index (χ4v) is 1.32. The number of hydrogen-bond donors (Lipinski definition) is 1. The summed E-state index contributed by atoms with van der Waals surface area (Å²) in [6.45, 7) is 0. The third-order valence-electron chi connectivity index (χ3n) is 1.92. The van der Waals surface area contributed by atoms with Crippen molar-refractivity contribution >= 4 is 5.84 Å². The molecule has 0 saturated heterocycles. The Hall–Kier alpha value is -1.09. The first-order valence-corrected chi connectivity index (χ1v) is 4.48. The number of benzene rings is 1. The van der Waals surface area contributed by atoms with Crippen LogP contribution in [0.25, 0.3) is 0 Å². The zero-order valence-electron chi connectivity index (χ0n) is 8.41. The van der Waals surface area contributed by atoms with Gasteiger partial charge < -0.3 is 28.7 Å². The number of quaternary nitrogens is 1. The van der Waals surface area contributed by atoms with Gasteiger partial charge in [0, 0.05) is 0 Å². The van der Waals surface area contributed by atoms with Crippen molar-refractivity contribution < 1.29 is 47.2 Å². The van der Waals surface area contributed by atoms with Crippen LogP contribution in [-0.4, -0.2) is 12.2 Å². The molecule has 2 N–H and O–H groups in total. The van der Waals surface area contributed by atoms with Crippen LogP contribution in [-0.2, 0) is 0 Å². The number of amidine groups is 1. The van der Waals surface area contributed by atoms with E-state index in [-0.39, 0.29) is 29.7 Å². The highest BCUT2D eigenvalue weighted by atomic mass is 127. The Bertz CT molecular complexity index is 457. The molecule has 0 spiro atoms. The topological polar surface area (TPSA) is 38.2 Å². The summed E-state index contributed by atoms with van der Waals surface area (Å²) in [6.07, 6.45) is -1.38. The van der Waals surface area contributed by atoms with E-state index in [1.165, 1.54) is 18.2 Å². The summed E-state index contributed by atoms with van der Waals surface area (Å²) in [5.41, 5.74) is 0.590. The van der Waals surface area contributed by atoms with Gasteiger partial charge in [-0.25, -0.2) is 0 Å². The summed E-state index contributed by atoms with van der Waals surface area (Å²) in [6, 6.07) is 5.71. The minimum absolute atomic E-state index is 0. The lowest BCUT2D eigenvalue weighted by atomic mass is 10.2. The molecule has 1 heterocycles. The Morgan fingerprint density at radius 1 is 1.24 bits per heavy atom. The molecule has 0 unspecified atom stereocenters. The Labute approximate surface area is 112 Å². The molecule has 1 aliphatic rings. The van der Waals surface area contributed by atoms with E-state index in [2.05, 4.69) is 9.73 Å². The highest BCUT2D eigenvalue weighted by Gasteiger charge is 2.31. The van der Waals surface area contributed by atoms with Crippen molar-refractivity contribution in [3.05, 3.63) is 42.2 Å². The largest absolute Gasteiger partial charge is 1.00 e. The molecule has 1 aromatic carbocycles. The summed E-state index contributed by atoms with van der Waals surface area (Å²) in [4.78, 5) is 3.99. The maximum absolute atomic E-state index is 12.0. The predicted molar refractivity (Wildman–Crippen MR) is 50.7 cm³/mol. The van der Waals surface area contributed by atoms with Gasteiger partial charge in [-0.3, -0.25) is 5.32 Å². The van der Waals surface area contributed by atoms with Crippen molar-refractivity contribution in [2.24, 2.45) is 4.99 Å². The summed E-state index contributed by atoms with van der Waals surface area (Å²) >= 11 is 0. The first-order valence-electron chi connectivity index (χ1n) is 4.48. The second kappa shape index (κ2) is 5.50. The molecule has 92 valence electrons. The van der Waals surface area contributed by atoms with E-state index in [4.69, 9.17) is 0 Å². The van der Waals surface area contributed by atoms with Gasteiger partial charge in [0.05, 0.1) is 11.8 Å². The van der Waals surface area contributed by atoms with Crippen molar-refractivity contribution in [2.45, 2.75) is 6.36 Å². The molecule has 0 fully saturated rings. The molecule has 0 bridgehead atoms. The lowest BCUT2D eigenvalue weighted by Crippen LogP contribution is -3.00. The lowest BCUT2D eigenvalue weighted by Gasteiger charge is -2.09. The smallest absolute Gasteiger partial charge is 0.573 e. The number of aliphatic imine (C=N–C) groups is 1. The third-order valence-corrected chi connectivity index (χ3v) is 1.92. The van der Waals surface area contributed by atoms with Crippen molar-refractivity contribution in [3.8, 4) is 5.75 Å². The zero-order valence-corrected chi connectivity index (χ0v) is 10.6. The summed E-state index contributed by atoms with van der Waals surface area (Å²) in [5, 5.41) is 1.71. The normalized spacial score (nSPS) is 14.2. The van der Waals surface area contributed by atoms with Crippen LogP contribution in [0.5, 0.6) is 5.75 Å². The van der Waals surface area contributed by atoms with E-state index in [9.17, 15) is 13.2 Å². The molecule has 0 radical (unpaired) electrons. The van der Waals surface area contributed by atoms with E-state index < -0.39 is 6.36 Å². The second-order valence-corrected chi connectivity index (χ2v) is 3.10. The van der Waals surface area contributed by atoms with Crippen LogP contribution < -0.4 is 34.0 Å². The van der Waals surface area contributed by atoms with E-state index in [1.54, 1.807) is 23.8 Å². The van der Waals surface area contributed by atoms with E-state index >= 15 is 0 Å². The summed E-state index contributed by atoms with van der Waals surface area (Å²) in [5.74, 6) is 0.376. The molecule has 1 aromatic rings. The predicted octanol–water partition coefficient (Wildman–Crippen LogP) is -1.62. The van der Waals surface area contributed by atoms with Gasteiger partial charge >= 0.3 is 6.36 Å². The number of rotatable bonds is 2. The maximum Gasteiger partial charge on any atom is 0.573 e. The van der Waals surface area contributed by atoms with Gasteiger partial charge in [0.15, 0.2) is 0 Å². The van der Waals surface area contributed by atoms with Crippen molar-refractivity contribution in [1.82, 2.24) is 0 Å². The zero-order chi connectivity index (χ0) is 11.6. The molecule has 0 atom stereocenters. The quantitative estimate of drug-likeness (QED) is 0.636. The summed E-state index contributed by atoms with van der Waals surface area (Å²) in [7, 11) is 0. The van der Waals surface area contributed by atoms with Gasteiger partial charge in [0.2, 0.25) is 5.84 Å². The van der Waals surface area contributed by atoms with Crippen molar-refractivity contribution in [3.63, 3.8) is 0 Å². The molecule has 2 rings (SSSR count). The SMILES string of the molecule is FC(F)(F)Oc1cccc(C2=NC=C[NH2+]2)c1.[I-]. The fourth-order valence-electron chi connectivity index (χ4n) is 1.32. The minimum atomic E-state index is -4.67. The van der Waals surface area contributed by atoms with Gasteiger partial charge in [-0.05, 0) is 18.2 Å². The molecule has 0 saturated carbocycles. The molecule has 0 aliphatic carbocycles. The molecule has 1 aliphatic heterocycles. The molecule has 0 amide bonds. The first kappa shape index (κ1) is 14.0. The van der Waals surface area contributed by atoms with Crippen molar-refractivity contribution in [2.75, 3.05) is 0 Å². The van der Waals surface area contributed by atoms with Crippen LogP contribution in [0.4, 0.5) is 13.2 Å². The van der Waals surface area contributed by atoms with Crippen LogP contribution in [0.15, 0.2) is 41.7 Å². The number of hydrogen-bond acceptors (Lipinski definition) is 2. The van der Waals surface area contributed by atoms with Crippen LogP contribution in [0.2, 0.25) is 0 Å². The fraction of sp³-hybridized carbons (Fsp3) is 0.100. The van der Waals surface area contributed by atoms with Crippen LogP contribution in [0.3, 0.4) is 0 Å². The second-order valence-electron chi connectivity index (χ2n) is 3.10. The van der Waals surface area contributed by atoms with Gasteiger partial charge in [0.1, 0.15) is 11.9 Å². The van der Waals surface area contributed by atoms with Crippen LogP contribution in [0, 0.1) is 0 Å². The lowest BCUT2D eigenvalue weighted by molar-refractivity contribution is -0.456. The van der Waals surface area contributed by atoms with E-state index in [0.717, 1.165) is 0 Å². The monoisotopic (exact) mass is 356 g/mol. The van der Waals surface area contributed by atoms with Crippen LogP contribution in [0.1, 0.15) is 5.56 Å². The Balaban J connectivity index is 0.00000144. The molecule has 3 nitrogen and oxygen atoms in total. The van der Waals surface area contributed by atoms with E-state index in [1.807, 2.05) is 0 Å². The molecule has 0 aromatic heterocycles. The molecular formula is C10H8F3IN2O. The van der Waals surface area contributed by atoms with Crippen LogP contribution >= 0.6 is 0 Å². The summed E-state index contributed by atoms with van der Waals surface area (Å²) < 4.78 is 39.7. The Morgan fingerprint density at radius 2 is 2.00 bits per heavy atom. The number of alkyl halides is 3. The third kappa shape index (κ3) is 4.00. The maximum atomic E-state index is 12.0. The number of nitrogens with two attached hydrogens (primary N) is 1. The molecule has 7 heteroatoms. The van der Waals surface area contributed by atoms with Gasteiger partial charge in [0.25, 0.3) is 0 Å². The number of halogens is 4. The van der Waals surface area contributed by atoms with Gasteiger partial charge in [-0.2, -0.15) is 4.99 Å². The average molecular weight is 356 g/mol. The van der Waals surface area contributed by atoms with E-state index in [0.29, 0.717) is 11.4 Å². The van der Waals surface area contributed by atoms with Crippen molar-refractivity contribution in [1.29, 1.82) is 0 Å². The molecule has 17 heavy (non-hydrogen) atoms. The highest BCUT2D eigenvalue weighted by molar-refractivity contribution is 5.93. The van der Waals surface area contributed by atoms with Gasteiger partial charge in [-0.15, -0.1) is 13.2 Å². The average Bonchev–Trinajstić information content (AvgIpc) is 2.68. The first-order chi connectivity index (χ1) is 7.54. The minimum Gasteiger partial charge on any atom is -1.00 e. The number of ether oxygens (including phenoxy) is 1. The highest BCUT2D eigenvalue weighted by Crippen LogP contribution is 2.23. The Morgan fingerprint density at radius 3 is 2.59 bits per heavy atom. The molecular weight excluding hydrogens is 348 g/mol. The Kier molecular flexibility index (Phi) is 4.52.